The molecule has 2 aromatic rings. The number of benzene rings is 1. The molecule has 0 fully saturated rings. The summed E-state index contributed by atoms with van der Waals surface area (Å²) in [6.07, 6.45) is 0.609. The normalized spacial score (nSPS) is 11.3. The number of carbonyl (C=O) groups excluding carboxylic acids is 1. The molecule has 2 rings (SSSR count). The van der Waals surface area contributed by atoms with Crippen LogP contribution in [0.4, 0.5) is 5.69 Å². The van der Waals surface area contributed by atoms with Crippen LogP contribution in [0, 0.1) is 10.1 Å². The minimum atomic E-state index is -0.445. The number of non-ortho nitro benzene ring substituents is 1. The first kappa shape index (κ1) is 14.0. The van der Waals surface area contributed by atoms with E-state index in [-0.39, 0.29) is 16.9 Å². The van der Waals surface area contributed by atoms with Gasteiger partial charge in [0.2, 0.25) is 0 Å². The molecule has 0 N–H and O–H groups in total. The van der Waals surface area contributed by atoms with Crippen molar-refractivity contribution in [2.75, 3.05) is 0 Å². The van der Waals surface area contributed by atoms with Crippen LogP contribution in [0.2, 0.25) is 0 Å². The number of nitro groups is 1. The van der Waals surface area contributed by atoms with Crippen molar-refractivity contribution in [3.8, 4) is 11.3 Å². The highest BCUT2D eigenvalue weighted by Crippen LogP contribution is 2.36. The Morgan fingerprint density at radius 2 is 1.90 bits per heavy atom. The van der Waals surface area contributed by atoms with Crippen molar-refractivity contribution >= 4 is 12.0 Å². The maximum Gasteiger partial charge on any atom is 0.270 e. The Morgan fingerprint density at radius 1 is 1.20 bits per heavy atom. The van der Waals surface area contributed by atoms with Crippen molar-refractivity contribution in [1.82, 2.24) is 0 Å². The number of hydrogen-bond donors (Lipinski definition) is 0. The van der Waals surface area contributed by atoms with Gasteiger partial charge in [0.05, 0.1) is 4.92 Å². The predicted molar refractivity (Wildman–Crippen MR) is 74.9 cm³/mol. The van der Waals surface area contributed by atoms with Gasteiger partial charge in [-0.3, -0.25) is 14.9 Å². The standard InChI is InChI=1S/C15H15NO4/c1-15(2,3)13-6-4-10(16(18)19)8-12(13)14-7-5-11(9-17)20-14/h4-9H,1-3H3. The lowest BCUT2D eigenvalue weighted by molar-refractivity contribution is -0.384. The molecule has 5 heteroatoms. The lowest BCUT2D eigenvalue weighted by Gasteiger charge is -2.21. The minimum absolute atomic E-state index is 0.00273. The zero-order chi connectivity index (χ0) is 14.9. The van der Waals surface area contributed by atoms with Crippen molar-refractivity contribution in [3.63, 3.8) is 0 Å². The van der Waals surface area contributed by atoms with Crippen LogP contribution in [0.3, 0.4) is 0 Å². The van der Waals surface area contributed by atoms with E-state index in [1.54, 1.807) is 18.2 Å². The number of nitro benzene ring substituents is 1. The maximum atomic E-state index is 10.9. The van der Waals surface area contributed by atoms with Gasteiger partial charge in [-0.25, -0.2) is 0 Å². The Hall–Kier alpha value is -2.43. The van der Waals surface area contributed by atoms with E-state index in [0.29, 0.717) is 17.6 Å². The summed E-state index contributed by atoms with van der Waals surface area (Å²) in [5, 5.41) is 10.9. The Bertz CT molecular complexity index is 665. The number of carbonyl (C=O) groups is 1. The molecule has 1 heterocycles. The number of hydrogen-bond acceptors (Lipinski definition) is 4. The van der Waals surface area contributed by atoms with E-state index < -0.39 is 4.92 Å². The van der Waals surface area contributed by atoms with Crippen molar-refractivity contribution in [2.24, 2.45) is 0 Å². The van der Waals surface area contributed by atoms with Gasteiger partial charge in [-0.1, -0.05) is 26.8 Å². The molecule has 0 radical (unpaired) electrons. The summed E-state index contributed by atoms with van der Waals surface area (Å²) in [7, 11) is 0. The predicted octanol–water partition coefficient (Wildman–Crippen LogP) is 3.96. The van der Waals surface area contributed by atoms with Crippen LogP contribution < -0.4 is 0 Å². The molecule has 0 spiro atoms. The minimum Gasteiger partial charge on any atom is -0.453 e. The van der Waals surface area contributed by atoms with Crippen molar-refractivity contribution in [2.45, 2.75) is 26.2 Å². The summed E-state index contributed by atoms with van der Waals surface area (Å²) < 4.78 is 5.40. The third kappa shape index (κ3) is 2.61. The smallest absolute Gasteiger partial charge is 0.270 e. The highest BCUT2D eigenvalue weighted by atomic mass is 16.6. The first-order valence-corrected chi connectivity index (χ1v) is 6.17. The van der Waals surface area contributed by atoms with Crippen LogP contribution >= 0.6 is 0 Å². The first-order valence-electron chi connectivity index (χ1n) is 6.17. The molecule has 5 nitrogen and oxygen atoms in total. The fraction of sp³-hybridized carbons (Fsp3) is 0.267. The van der Waals surface area contributed by atoms with Crippen molar-refractivity contribution in [3.05, 3.63) is 51.8 Å². The van der Waals surface area contributed by atoms with E-state index in [9.17, 15) is 14.9 Å². The monoisotopic (exact) mass is 273 g/mol. The summed E-state index contributed by atoms with van der Waals surface area (Å²) in [6, 6.07) is 7.89. The summed E-state index contributed by atoms with van der Waals surface area (Å²) in [5.41, 5.74) is 1.37. The lowest BCUT2D eigenvalue weighted by Crippen LogP contribution is -2.12. The van der Waals surface area contributed by atoms with Crippen LogP contribution in [0.15, 0.2) is 34.7 Å². The second kappa shape index (κ2) is 4.92. The quantitative estimate of drug-likeness (QED) is 0.482. The zero-order valence-corrected chi connectivity index (χ0v) is 11.5. The van der Waals surface area contributed by atoms with Crippen molar-refractivity contribution in [1.29, 1.82) is 0 Å². The van der Waals surface area contributed by atoms with Gasteiger partial charge in [0, 0.05) is 17.7 Å². The largest absolute Gasteiger partial charge is 0.453 e. The molecule has 1 aromatic heterocycles. The van der Waals surface area contributed by atoms with Gasteiger partial charge < -0.3 is 4.42 Å². The molecule has 20 heavy (non-hydrogen) atoms. The molecule has 0 saturated heterocycles. The lowest BCUT2D eigenvalue weighted by atomic mass is 9.83. The van der Waals surface area contributed by atoms with Gasteiger partial charge in [-0.05, 0) is 23.1 Å². The van der Waals surface area contributed by atoms with Gasteiger partial charge >= 0.3 is 0 Å². The van der Waals surface area contributed by atoms with Gasteiger partial charge in [-0.2, -0.15) is 0 Å². The number of rotatable bonds is 3. The maximum absolute atomic E-state index is 10.9. The number of furan rings is 1. The highest BCUT2D eigenvalue weighted by Gasteiger charge is 2.23. The van der Waals surface area contributed by atoms with E-state index in [1.807, 2.05) is 20.8 Å². The van der Waals surface area contributed by atoms with E-state index in [0.717, 1.165) is 5.56 Å². The fourth-order valence-electron chi connectivity index (χ4n) is 2.06. The molecule has 104 valence electrons. The van der Waals surface area contributed by atoms with Gasteiger partial charge in [0.1, 0.15) is 5.76 Å². The molecule has 0 amide bonds. The average molecular weight is 273 g/mol. The van der Waals surface area contributed by atoms with Crippen LogP contribution in [-0.2, 0) is 5.41 Å². The Balaban J connectivity index is 2.66. The molecule has 0 bridgehead atoms. The Kier molecular flexibility index (Phi) is 3.44. The van der Waals surface area contributed by atoms with Crippen molar-refractivity contribution < 1.29 is 14.1 Å². The number of aldehydes is 1. The number of nitrogens with zero attached hydrogens (tertiary/aromatic N) is 1. The third-order valence-electron chi connectivity index (χ3n) is 3.03. The van der Waals surface area contributed by atoms with E-state index in [2.05, 4.69) is 0 Å². The summed E-state index contributed by atoms with van der Waals surface area (Å²) in [6.45, 7) is 6.05. The van der Waals surface area contributed by atoms with Crippen LogP contribution in [-0.4, -0.2) is 11.2 Å². The van der Waals surface area contributed by atoms with Crippen LogP contribution in [0.1, 0.15) is 36.9 Å². The molecule has 1 aromatic carbocycles. The second-order valence-electron chi connectivity index (χ2n) is 5.56. The zero-order valence-electron chi connectivity index (χ0n) is 11.5. The molecule has 0 unspecified atom stereocenters. The van der Waals surface area contributed by atoms with E-state index in [1.165, 1.54) is 12.1 Å². The Morgan fingerprint density at radius 3 is 2.40 bits per heavy atom. The van der Waals surface area contributed by atoms with Gasteiger partial charge in [0.25, 0.3) is 5.69 Å². The molecule has 0 aliphatic heterocycles. The fourth-order valence-corrected chi connectivity index (χ4v) is 2.06. The molecule has 0 saturated carbocycles. The SMILES string of the molecule is CC(C)(C)c1ccc([N+](=O)[O-])cc1-c1ccc(C=O)o1. The van der Waals surface area contributed by atoms with E-state index >= 15 is 0 Å². The van der Waals surface area contributed by atoms with Gasteiger partial charge in [-0.15, -0.1) is 0 Å². The average Bonchev–Trinajstić information content (AvgIpc) is 2.85. The van der Waals surface area contributed by atoms with Gasteiger partial charge in [0.15, 0.2) is 12.0 Å². The first-order chi connectivity index (χ1) is 9.32. The molecule has 0 atom stereocenters. The highest BCUT2D eigenvalue weighted by molar-refractivity contribution is 5.74. The topological polar surface area (TPSA) is 73.3 Å². The summed E-state index contributed by atoms with van der Waals surface area (Å²) in [5.74, 6) is 0.659. The summed E-state index contributed by atoms with van der Waals surface area (Å²) >= 11 is 0. The second-order valence-corrected chi connectivity index (χ2v) is 5.56. The molecular weight excluding hydrogens is 258 g/mol. The third-order valence-corrected chi connectivity index (χ3v) is 3.03. The van der Waals surface area contributed by atoms with Crippen LogP contribution in [0.5, 0.6) is 0 Å². The molecular formula is C15H15NO4. The van der Waals surface area contributed by atoms with Crippen LogP contribution in [0.25, 0.3) is 11.3 Å². The van der Waals surface area contributed by atoms with E-state index in [4.69, 9.17) is 4.42 Å². The Labute approximate surface area is 116 Å². The molecule has 0 aliphatic carbocycles. The molecule has 0 aliphatic rings. The summed E-state index contributed by atoms with van der Waals surface area (Å²) in [4.78, 5) is 21.2.